The van der Waals surface area contributed by atoms with Gasteiger partial charge in [0.1, 0.15) is 0 Å². The van der Waals surface area contributed by atoms with Crippen LogP contribution in [0, 0.1) is 11.8 Å². The lowest BCUT2D eigenvalue weighted by molar-refractivity contribution is 0.270. The van der Waals surface area contributed by atoms with Gasteiger partial charge in [-0.05, 0) is 31.1 Å². The summed E-state index contributed by atoms with van der Waals surface area (Å²) in [6, 6.07) is 0.555. The molecule has 2 heteroatoms. The van der Waals surface area contributed by atoms with Crippen LogP contribution in [0.1, 0.15) is 71.6 Å². The van der Waals surface area contributed by atoms with Crippen LogP contribution in [-0.4, -0.2) is 6.04 Å². The molecule has 2 nitrogen and oxygen atoms in total. The minimum Gasteiger partial charge on any atom is -0.271 e. The number of hydrazine groups is 1. The van der Waals surface area contributed by atoms with Gasteiger partial charge in [-0.15, -0.1) is 0 Å². The van der Waals surface area contributed by atoms with Crippen LogP contribution in [-0.2, 0) is 0 Å². The molecule has 0 spiro atoms. The minimum atomic E-state index is 0.555. The lowest BCUT2D eigenvalue weighted by Crippen LogP contribution is -2.41. The smallest absolute Gasteiger partial charge is 0.0241 e. The van der Waals surface area contributed by atoms with Crippen molar-refractivity contribution in [3.63, 3.8) is 0 Å². The molecule has 0 aliphatic heterocycles. The van der Waals surface area contributed by atoms with Crippen molar-refractivity contribution in [1.82, 2.24) is 5.43 Å². The highest BCUT2D eigenvalue weighted by Gasteiger charge is 2.23. The van der Waals surface area contributed by atoms with E-state index in [0.717, 1.165) is 11.8 Å². The van der Waals surface area contributed by atoms with Crippen LogP contribution in [0.2, 0.25) is 0 Å². The van der Waals surface area contributed by atoms with Crippen LogP contribution in [0.4, 0.5) is 0 Å². The van der Waals surface area contributed by atoms with E-state index in [1.165, 1.54) is 57.8 Å². The largest absolute Gasteiger partial charge is 0.271 e. The molecule has 3 N–H and O–H groups in total. The van der Waals surface area contributed by atoms with E-state index in [4.69, 9.17) is 5.84 Å². The third-order valence-electron chi connectivity index (χ3n) is 4.12. The van der Waals surface area contributed by atoms with E-state index in [-0.39, 0.29) is 0 Å². The Kier molecular flexibility index (Phi) is 7.06. The van der Waals surface area contributed by atoms with Gasteiger partial charge in [-0.2, -0.15) is 0 Å². The summed E-state index contributed by atoms with van der Waals surface area (Å²) in [7, 11) is 0. The normalized spacial score (nSPS) is 22.7. The first kappa shape index (κ1) is 14.0. The first-order valence-electron chi connectivity index (χ1n) is 7.24. The van der Waals surface area contributed by atoms with Crippen LogP contribution in [0.5, 0.6) is 0 Å². The topological polar surface area (TPSA) is 38.0 Å². The Morgan fingerprint density at radius 2 is 1.81 bits per heavy atom. The maximum atomic E-state index is 5.75. The number of nitrogens with two attached hydrogens (primary N) is 1. The molecule has 0 radical (unpaired) electrons. The second-order valence-electron chi connectivity index (χ2n) is 5.65. The Morgan fingerprint density at radius 3 is 2.31 bits per heavy atom. The van der Waals surface area contributed by atoms with Gasteiger partial charge in [0.2, 0.25) is 0 Å². The minimum absolute atomic E-state index is 0.555. The van der Waals surface area contributed by atoms with E-state index in [1.54, 1.807) is 0 Å². The highest BCUT2D eigenvalue weighted by molar-refractivity contribution is 4.78. The summed E-state index contributed by atoms with van der Waals surface area (Å²) in [6.45, 7) is 4.64. The van der Waals surface area contributed by atoms with Crippen molar-refractivity contribution < 1.29 is 0 Å². The van der Waals surface area contributed by atoms with Crippen molar-refractivity contribution in [3.8, 4) is 0 Å². The molecular weight excluding hydrogens is 196 g/mol. The molecule has 1 aliphatic carbocycles. The van der Waals surface area contributed by atoms with Gasteiger partial charge in [0, 0.05) is 6.04 Å². The summed E-state index contributed by atoms with van der Waals surface area (Å²) in [5.74, 6) is 7.39. The third kappa shape index (κ3) is 4.84. The van der Waals surface area contributed by atoms with Crippen LogP contribution in [0.3, 0.4) is 0 Å². The Hall–Kier alpha value is -0.0800. The number of hydrogen-bond donors (Lipinski definition) is 2. The molecule has 0 heterocycles. The summed E-state index contributed by atoms with van der Waals surface area (Å²) in [4.78, 5) is 0. The van der Waals surface area contributed by atoms with Gasteiger partial charge < -0.3 is 0 Å². The number of hydrogen-bond acceptors (Lipinski definition) is 2. The summed E-state index contributed by atoms with van der Waals surface area (Å²) in [5.41, 5.74) is 3.09. The Bertz CT molecular complexity index is 162. The van der Waals surface area contributed by atoms with Crippen molar-refractivity contribution in [2.24, 2.45) is 17.7 Å². The lowest BCUT2D eigenvalue weighted by atomic mass is 9.85. The molecule has 0 aromatic heterocycles. The van der Waals surface area contributed by atoms with E-state index in [9.17, 15) is 0 Å². The molecule has 0 bridgehead atoms. The molecule has 16 heavy (non-hydrogen) atoms. The molecule has 2 unspecified atom stereocenters. The highest BCUT2D eigenvalue weighted by atomic mass is 15.2. The summed E-state index contributed by atoms with van der Waals surface area (Å²) >= 11 is 0. The molecular formula is C14H30N2. The van der Waals surface area contributed by atoms with Gasteiger partial charge in [0.15, 0.2) is 0 Å². The lowest BCUT2D eigenvalue weighted by Gasteiger charge is -2.28. The average Bonchev–Trinajstić information content (AvgIpc) is 2.55. The molecule has 0 aromatic carbocycles. The van der Waals surface area contributed by atoms with Crippen molar-refractivity contribution in [3.05, 3.63) is 0 Å². The molecule has 0 amide bonds. The van der Waals surface area contributed by atoms with Crippen LogP contribution in [0.25, 0.3) is 0 Å². The molecule has 0 saturated heterocycles. The van der Waals surface area contributed by atoms with E-state index < -0.39 is 0 Å². The zero-order valence-corrected chi connectivity index (χ0v) is 11.2. The van der Waals surface area contributed by atoms with Gasteiger partial charge in [-0.25, -0.2) is 0 Å². The molecule has 1 rings (SSSR count). The maximum Gasteiger partial charge on any atom is 0.0241 e. The number of rotatable bonds is 6. The zero-order chi connectivity index (χ0) is 11.8. The first-order chi connectivity index (χ1) is 7.77. The quantitative estimate of drug-likeness (QED) is 0.412. The monoisotopic (exact) mass is 226 g/mol. The summed E-state index contributed by atoms with van der Waals surface area (Å²) < 4.78 is 0. The summed E-state index contributed by atoms with van der Waals surface area (Å²) in [6.07, 6.45) is 12.3. The van der Waals surface area contributed by atoms with Gasteiger partial charge in [-0.3, -0.25) is 11.3 Å². The van der Waals surface area contributed by atoms with E-state index in [0.29, 0.717) is 6.04 Å². The van der Waals surface area contributed by atoms with E-state index >= 15 is 0 Å². The molecule has 0 aromatic rings. The fraction of sp³-hybridized carbons (Fsp3) is 1.00. The van der Waals surface area contributed by atoms with Crippen molar-refractivity contribution in [1.29, 1.82) is 0 Å². The van der Waals surface area contributed by atoms with Crippen LogP contribution >= 0.6 is 0 Å². The molecule has 1 aliphatic rings. The zero-order valence-electron chi connectivity index (χ0n) is 11.2. The fourth-order valence-electron chi connectivity index (χ4n) is 3.15. The van der Waals surface area contributed by atoms with Crippen molar-refractivity contribution >= 4 is 0 Å². The predicted molar refractivity (Wildman–Crippen MR) is 71.0 cm³/mol. The number of nitrogens with one attached hydrogen (secondary N) is 1. The predicted octanol–water partition coefficient (Wildman–Crippen LogP) is 3.62. The van der Waals surface area contributed by atoms with Gasteiger partial charge in [0.25, 0.3) is 0 Å². The first-order valence-corrected chi connectivity index (χ1v) is 7.24. The molecule has 2 atom stereocenters. The van der Waals surface area contributed by atoms with Crippen LogP contribution in [0.15, 0.2) is 0 Å². The highest BCUT2D eigenvalue weighted by Crippen LogP contribution is 2.28. The van der Waals surface area contributed by atoms with Gasteiger partial charge in [0.05, 0.1) is 0 Å². The van der Waals surface area contributed by atoms with Gasteiger partial charge >= 0.3 is 0 Å². The van der Waals surface area contributed by atoms with Gasteiger partial charge in [-0.1, -0.05) is 52.4 Å². The van der Waals surface area contributed by atoms with Crippen LogP contribution < -0.4 is 11.3 Å². The standard InChI is InChI=1S/C14H30N2/c1-3-8-12(2)11-14(16-15)13-9-6-4-5-7-10-13/h12-14,16H,3-11,15H2,1-2H3. The Balaban J connectivity index is 2.38. The fourth-order valence-corrected chi connectivity index (χ4v) is 3.15. The second kappa shape index (κ2) is 8.08. The molecule has 96 valence electrons. The van der Waals surface area contributed by atoms with E-state index in [1.807, 2.05) is 0 Å². The second-order valence-corrected chi connectivity index (χ2v) is 5.65. The Morgan fingerprint density at radius 1 is 1.19 bits per heavy atom. The summed E-state index contributed by atoms with van der Waals surface area (Å²) in [5, 5.41) is 0. The average molecular weight is 226 g/mol. The van der Waals surface area contributed by atoms with Crippen molar-refractivity contribution in [2.75, 3.05) is 0 Å². The van der Waals surface area contributed by atoms with E-state index in [2.05, 4.69) is 19.3 Å². The Labute approximate surface area is 101 Å². The third-order valence-corrected chi connectivity index (χ3v) is 4.12. The molecule has 1 saturated carbocycles. The molecule has 1 fully saturated rings. The SMILES string of the molecule is CCCC(C)CC(NN)C1CCCCCC1. The van der Waals surface area contributed by atoms with Crippen molar-refractivity contribution in [2.45, 2.75) is 77.7 Å². The maximum absolute atomic E-state index is 5.75.